The molecule has 0 amide bonds. The number of aliphatic hydroxyl groups excluding tert-OH is 1. The van der Waals surface area contributed by atoms with Crippen LogP contribution in [0.25, 0.3) is 0 Å². The van der Waals surface area contributed by atoms with Crippen molar-refractivity contribution in [3.63, 3.8) is 0 Å². The standard InChI is InChI=1S/C13H9F4NOS/c14-10-2-1-3-11(9(10)7-19)20-12-5-4-8(6-18-12)13(15,16)17/h1-6,19H,7H2. The lowest BCUT2D eigenvalue weighted by Gasteiger charge is -2.09. The Hall–Kier alpha value is -1.60. The van der Waals surface area contributed by atoms with E-state index in [0.717, 1.165) is 24.0 Å². The monoisotopic (exact) mass is 303 g/mol. The molecule has 106 valence electrons. The third-order valence-electron chi connectivity index (χ3n) is 2.51. The highest BCUT2D eigenvalue weighted by atomic mass is 32.2. The van der Waals surface area contributed by atoms with Crippen LogP contribution >= 0.6 is 11.8 Å². The lowest BCUT2D eigenvalue weighted by atomic mass is 10.2. The number of rotatable bonds is 3. The zero-order chi connectivity index (χ0) is 14.8. The van der Waals surface area contributed by atoms with E-state index in [9.17, 15) is 17.6 Å². The maximum absolute atomic E-state index is 13.4. The van der Waals surface area contributed by atoms with Gasteiger partial charge in [0.2, 0.25) is 0 Å². The third-order valence-corrected chi connectivity index (χ3v) is 3.57. The van der Waals surface area contributed by atoms with E-state index in [1.807, 2.05) is 0 Å². The Bertz CT molecular complexity index is 598. The van der Waals surface area contributed by atoms with Crippen molar-refractivity contribution >= 4 is 11.8 Å². The molecule has 0 atom stereocenters. The molecule has 1 N–H and O–H groups in total. The van der Waals surface area contributed by atoms with Crippen LogP contribution in [0.4, 0.5) is 17.6 Å². The van der Waals surface area contributed by atoms with Gasteiger partial charge in [-0.3, -0.25) is 0 Å². The van der Waals surface area contributed by atoms with Crippen LogP contribution in [0, 0.1) is 5.82 Å². The predicted octanol–water partition coefficient (Wildman–Crippen LogP) is 3.88. The van der Waals surface area contributed by atoms with Gasteiger partial charge in [-0.1, -0.05) is 17.8 Å². The van der Waals surface area contributed by atoms with Crippen LogP contribution in [0.3, 0.4) is 0 Å². The highest BCUT2D eigenvalue weighted by Crippen LogP contribution is 2.33. The molecule has 2 rings (SSSR count). The summed E-state index contributed by atoms with van der Waals surface area (Å²) in [6.07, 6.45) is -3.72. The van der Waals surface area contributed by atoms with Crippen LogP contribution in [0.1, 0.15) is 11.1 Å². The Morgan fingerprint density at radius 2 is 1.90 bits per heavy atom. The number of aromatic nitrogens is 1. The summed E-state index contributed by atoms with van der Waals surface area (Å²) in [6, 6.07) is 6.35. The molecule has 7 heteroatoms. The largest absolute Gasteiger partial charge is 0.417 e. The quantitative estimate of drug-likeness (QED) is 0.873. The fourth-order valence-electron chi connectivity index (χ4n) is 1.51. The first kappa shape index (κ1) is 14.8. The molecule has 0 saturated carbocycles. The van der Waals surface area contributed by atoms with Crippen molar-refractivity contribution in [2.75, 3.05) is 0 Å². The molecule has 0 aliphatic rings. The first-order chi connectivity index (χ1) is 9.41. The maximum Gasteiger partial charge on any atom is 0.417 e. The number of hydrogen-bond donors (Lipinski definition) is 1. The van der Waals surface area contributed by atoms with Crippen molar-refractivity contribution in [1.82, 2.24) is 4.98 Å². The minimum Gasteiger partial charge on any atom is -0.392 e. The van der Waals surface area contributed by atoms with E-state index in [1.165, 1.54) is 18.2 Å². The van der Waals surface area contributed by atoms with Crippen molar-refractivity contribution in [3.05, 3.63) is 53.5 Å². The van der Waals surface area contributed by atoms with Gasteiger partial charge in [0.25, 0.3) is 0 Å². The second-order valence-corrected chi connectivity index (χ2v) is 4.92. The fourth-order valence-corrected chi connectivity index (χ4v) is 2.41. The number of pyridine rings is 1. The van der Waals surface area contributed by atoms with E-state index in [0.29, 0.717) is 9.92 Å². The van der Waals surface area contributed by atoms with Gasteiger partial charge in [0.1, 0.15) is 10.8 Å². The molecule has 1 aromatic heterocycles. The van der Waals surface area contributed by atoms with Gasteiger partial charge in [-0.15, -0.1) is 0 Å². The molecule has 2 aromatic rings. The summed E-state index contributed by atoms with van der Waals surface area (Å²) < 4.78 is 50.6. The van der Waals surface area contributed by atoms with Gasteiger partial charge in [-0.05, 0) is 24.3 Å². The molecule has 1 heterocycles. The first-order valence-electron chi connectivity index (χ1n) is 5.51. The second-order valence-electron chi connectivity index (χ2n) is 3.86. The Kier molecular flexibility index (Phi) is 4.29. The Labute approximate surface area is 116 Å². The second kappa shape index (κ2) is 5.80. The minimum atomic E-state index is -4.44. The topological polar surface area (TPSA) is 33.1 Å². The average Bonchev–Trinajstić information content (AvgIpc) is 2.38. The summed E-state index contributed by atoms with van der Waals surface area (Å²) in [5.41, 5.74) is -0.748. The summed E-state index contributed by atoms with van der Waals surface area (Å²) in [4.78, 5) is 4.10. The maximum atomic E-state index is 13.4. The van der Waals surface area contributed by atoms with Gasteiger partial charge in [-0.25, -0.2) is 9.37 Å². The van der Waals surface area contributed by atoms with E-state index < -0.39 is 24.2 Å². The summed E-state index contributed by atoms with van der Waals surface area (Å²) in [5.74, 6) is -0.565. The number of benzene rings is 1. The fraction of sp³-hybridized carbons (Fsp3) is 0.154. The molecule has 0 radical (unpaired) electrons. The minimum absolute atomic E-state index is 0.0965. The van der Waals surface area contributed by atoms with Crippen molar-refractivity contribution < 1.29 is 22.7 Å². The SMILES string of the molecule is OCc1c(F)cccc1Sc1ccc(C(F)(F)F)cn1. The highest BCUT2D eigenvalue weighted by molar-refractivity contribution is 7.99. The molecule has 20 heavy (non-hydrogen) atoms. The zero-order valence-electron chi connectivity index (χ0n) is 9.99. The Balaban J connectivity index is 2.25. The van der Waals surface area contributed by atoms with Gasteiger partial charge in [0.05, 0.1) is 12.2 Å². The van der Waals surface area contributed by atoms with Crippen molar-refractivity contribution in [1.29, 1.82) is 0 Å². The Morgan fingerprint density at radius 1 is 1.15 bits per heavy atom. The van der Waals surface area contributed by atoms with Crippen LogP contribution in [-0.4, -0.2) is 10.1 Å². The lowest BCUT2D eigenvalue weighted by Crippen LogP contribution is -2.05. The highest BCUT2D eigenvalue weighted by Gasteiger charge is 2.30. The van der Waals surface area contributed by atoms with Crippen molar-refractivity contribution in [2.45, 2.75) is 22.7 Å². The molecule has 0 spiro atoms. The van der Waals surface area contributed by atoms with Gasteiger partial charge in [0.15, 0.2) is 0 Å². The third kappa shape index (κ3) is 3.29. The molecular weight excluding hydrogens is 294 g/mol. The summed E-state index contributed by atoms with van der Waals surface area (Å²) in [5, 5.41) is 9.40. The average molecular weight is 303 g/mol. The van der Waals surface area contributed by atoms with Gasteiger partial charge < -0.3 is 5.11 Å². The van der Waals surface area contributed by atoms with Crippen molar-refractivity contribution in [2.24, 2.45) is 0 Å². The Morgan fingerprint density at radius 3 is 2.45 bits per heavy atom. The summed E-state index contributed by atoms with van der Waals surface area (Å²) in [7, 11) is 0. The van der Waals surface area contributed by atoms with Gasteiger partial charge >= 0.3 is 6.18 Å². The van der Waals surface area contributed by atoms with Gasteiger partial charge in [-0.2, -0.15) is 13.2 Å². The molecule has 0 fully saturated rings. The zero-order valence-corrected chi connectivity index (χ0v) is 10.8. The molecule has 0 bridgehead atoms. The number of nitrogens with zero attached hydrogens (tertiary/aromatic N) is 1. The van der Waals surface area contributed by atoms with E-state index in [4.69, 9.17) is 5.11 Å². The molecule has 2 nitrogen and oxygen atoms in total. The van der Waals surface area contributed by atoms with E-state index in [1.54, 1.807) is 6.07 Å². The number of aliphatic hydroxyl groups is 1. The molecule has 1 aromatic carbocycles. The first-order valence-corrected chi connectivity index (χ1v) is 6.33. The predicted molar refractivity (Wildman–Crippen MR) is 65.7 cm³/mol. The van der Waals surface area contributed by atoms with Crippen LogP contribution in [0.2, 0.25) is 0 Å². The molecule has 0 aliphatic carbocycles. The van der Waals surface area contributed by atoms with E-state index in [2.05, 4.69) is 4.98 Å². The van der Waals surface area contributed by atoms with Gasteiger partial charge in [0, 0.05) is 16.7 Å². The van der Waals surface area contributed by atoms with E-state index >= 15 is 0 Å². The lowest BCUT2D eigenvalue weighted by molar-refractivity contribution is -0.137. The van der Waals surface area contributed by atoms with Crippen molar-refractivity contribution in [3.8, 4) is 0 Å². The molecule has 0 unspecified atom stereocenters. The number of hydrogen-bond acceptors (Lipinski definition) is 3. The van der Waals surface area contributed by atoms with Crippen LogP contribution in [0.5, 0.6) is 0 Å². The number of halogens is 4. The molecule has 0 aliphatic heterocycles. The summed E-state index contributed by atoms with van der Waals surface area (Å²) >= 11 is 0.994. The molecular formula is C13H9F4NOS. The van der Waals surface area contributed by atoms with Crippen LogP contribution in [0.15, 0.2) is 46.5 Å². The number of alkyl halides is 3. The van der Waals surface area contributed by atoms with Crippen LogP contribution in [-0.2, 0) is 12.8 Å². The molecule has 0 saturated heterocycles. The smallest absolute Gasteiger partial charge is 0.392 e. The van der Waals surface area contributed by atoms with Crippen LogP contribution < -0.4 is 0 Å². The van der Waals surface area contributed by atoms with E-state index in [-0.39, 0.29) is 5.56 Å². The summed E-state index contributed by atoms with van der Waals surface area (Å²) in [6.45, 7) is -0.490. The normalized spacial score (nSPS) is 11.7.